The zero-order valence-electron chi connectivity index (χ0n) is 19.6. The Bertz CT molecular complexity index is 779. The van der Waals surface area contributed by atoms with E-state index in [2.05, 4.69) is 5.32 Å². The van der Waals surface area contributed by atoms with Gasteiger partial charge in [0.25, 0.3) is 0 Å². The predicted molar refractivity (Wildman–Crippen MR) is 115 cm³/mol. The van der Waals surface area contributed by atoms with Crippen molar-refractivity contribution in [3.05, 3.63) is 35.4 Å². The molecule has 0 aliphatic carbocycles. The van der Waals surface area contributed by atoms with Crippen LogP contribution in [0.2, 0.25) is 0 Å². The number of rotatable bonds is 8. The Labute approximate surface area is 188 Å². The lowest BCUT2D eigenvalue weighted by atomic mass is 9.94. The van der Waals surface area contributed by atoms with Gasteiger partial charge in [0.05, 0.1) is 30.7 Å². The van der Waals surface area contributed by atoms with Crippen LogP contribution in [0, 0.1) is 17.6 Å². The van der Waals surface area contributed by atoms with Crippen molar-refractivity contribution in [3.8, 4) is 0 Å². The van der Waals surface area contributed by atoms with E-state index in [-0.39, 0.29) is 30.5 Å². The van der Waals surface area contributed by atoms with E-state index in [1.54, 1.807) is 39.7 Å². The molecule has 1 aliphatic heterocycles. The minimum atomic E-state index is -0.666. The number of ether oxygens (including phenoxy) is 3. The Kier molecular flexibility index (Phi) is 8.98. The Morgan fingerprint density at radius 2 is 1.84 bits per heavy atom. The highest BCUT2D eigenvalue weighted by Crippen LogP contribution is 2.29. The van der Waals surface area contributed by atoms with Crippen LogP contribution in [0.5, 0.6) is 0 Å². The highest BCUT2D eigenvalue weighted by atomic mass is 19.1. The van der Waals surface area contributed by atoms with Crippen LogP contribution in [0.25, 0.3) is 0 Å². The molecule has 1 heterocycles. The number of hydrogen-bond donors (Lipinski definition) is 1. The first kappa shape index (κ1) is 26.0. The fourth-order valence-corrected chi connectivity index (χ4v) is 3.93. The predicted octanol–water partition coefficient (Wildman–Crippen LogP) is 3.30. The maximum absolute atomic E-state index is 13.8. The lowest BCUT2D eigenvalue weighted by Gasteiger charge is -2.34. The van der Waals surface area contributed by atoms with Crippen molar-refractivity contribution in [2.75, 3.05) is 27.3 Å². The van der Waals surface area contributed by atoms with Gasteiger partial charge in [-0.05, 0) is 45.7 Å². The van der Waals surface area contributed by atoms with Gasteiger partial charge in [0.2, 0.25) is 5.91 Å². The SMILES string of the molecule is CO[C@@H]1CC([C@H](OC)[C@@H](C)C(=O)NCCc2c(F)cccc2F)N(C(=O)OC(C)(C)C)C1. The molecule has 1 unspecified atom stereocenters. The number of hydrogen-bond acceptors (Lipinski definition) is 5. The molecule has 9 heteroatoms. The molecule has 0 bridgehead atoms. The molecule has 1 aromatic carbocycles. The lowest BCUT2D eigenvalue weighted by Crippen LogP contribution is -2.50. The monoisotopic (exact) mass is 456 g/mol. The molecule has 1 aromatic rings. The van der Waals surface area contributed by atoms with Gasteiger partial charge in [-0.1, -0.05) is 13.0 Å². The summed E-state index contributed by atoms with van der Waals surface area (Å²) < 4.78 is 44.2. The van der Waals surface area contributed by atoms with Crippen molar-refractivity contribution in [1.82, 2.24) is 10.2 Å². The average molecular weight is 457 g/mol. The second-order valence-electron chi connectivity index (χ2n) is 9.02. The molecule has 0 saturated carbocycles. The second-order valence-corrected chi connectivity index (χ2v) is 9.02. The van der Waals surface area contributed by atoms with Crippen molar-refractivity contribution in [2.45, 2.75) is 64.4 Å². The number of methoxy groups -OCH3 is 2. The van der Waals surface area contributed by atoms with Crippen molar-refractivity contribution in [3.63, 3.8) is 0 Å². The number of carbonyl (C=O) groups is 2. The number of benzene rings is 1. The van der Waals surface area contributed by atoms with Crippen molar-refractivity contribution in [2.24, 2.45) is 5.92 Å². The molecule has 0 spiro atoms. The molecule has 2 amide bonds. The van der Waals surface area contributed by atoms with E-state index >= 15 is 0 Å². The summed E-state index contributed by atoms with van der Waals surface area (Å²) in [5, 5.41) is 2.71. The summed E-state index contributed by atoms with van der Waals surface area (Å²) in [5.41, 5.74) is -0.737. The number of nitrogens with zero attached hydrogens (tertiary/aromatic N) is 1. The Balaban J connectivity index is 2.05. The molecule has 1 saturated heterocycles. The van der Waals surface area contributed by atoms with Crippen molar-refractivity contribution >= 4 is 12.0 Å². The van der Waals surface area contributed by atoms with Gasteiger partial charge < -0.3 is 19.5 Å². The summed E-state index contributed by atoms with van der Waals surface area (Å²) in [7, 11) is 3.05. The van der Waals surface area contributed by atoms with Crippen LogP contribution in [0.15, 0.2) is 18.2 Å². The first-order valence-electron chi connectivity index (χ1n) is 10.7. The number of likely N-dealkylation sites (tertiary alicyclic amines) is 1. The largest absolute Gasteiger partial charge is 0.444 e. The fourth-order valence-electron chi connectivity index (χ4n) is 3.93. The summed E-state index contributed by atoms with van der Waals surface area (Å²) in [5.74, 6) is -2.26. The standard InChI is InChI=1S/C23H34F2N2O5/c1-14(21(28)26-11-10-16-17(24)8-7-9-18(16)25)20(31-6)19-12-15(30-5)13-27(19)22(29)32-23(2,3)4/h7-9,14-15,19-20H,10-13H2,1-6H3,(H,26,28)/t14-,15-,19?,20-/m1/s1. The third-order valence-corrected chi connectivity index (χ3v) is 5.56. The van der Waals surface area contributed by atoms with Crippen molar-refractivity contribution in [1.29, 1.82) is 0 Å². The van der Waals surface area contributed by atoms with Crippen LogP contribution < -0.4 is 5.32 Å². The van der Waals surface area contributed by atoms with Crippen LogP contribution in [0.1, 0.15) is 39.7 Å². The Morgan fingerprint density at radius 1 is 1.22 bits per heavy atom. The normalized spacial score (nSPS) is 20.7. The first-order valence-corrected chi connectivity index (χ1v) is 10.7. The summed E-state index contributed by atoms with van der Waals surface area (Å²) >= 11 is 0. The van der Waals surface area contributed by atoms with Crippen LogP contribution >= 0.6 is 0 Å². The van der Waals surface area contributed by atoms with Gasteiger partial charge in [-0.15, -0.1) is 0 Å². The highest BCUT2D eigenvalue weighted by molar-refractivity contribution is 5.79. The van der Waals surface area contributed by atoms with Crippen LogP contribution in [0.3, 0.4) is 0 Å². The molecule has 32 heavy (non-hydrogen) atoms. The topological polar surface area (TPSA) is 77.1 Å². The average Bonchev–Trinajstić information content (AvgIpc) is 3.13. The zero-order valence-corrected chi connectivity index (χ0v) is 19.6. The van der Waals surface area contributed by atoms with Crippen LogP contribution in [-0.4, -0.2) is 68.1 Å². The summed E-state index contributed by atoms with van der Waals surface area (Å²) in [6.07, 6.45) is -0.802. The summed E-state index contributed by atoms with van der Waals surface area (Å²) in [6.45, 7) is 7.44. The van der Waals surface area contributed by atoms with Crippen LogP contribution in [-0.2, 0) is 25.4 Å². The number of nitrogens with one attached hydrogen (secondary N) is 1. The molecular formula is C23H34F2N2O5. The van der Waals surface area contributed by atoms with E-state index < -0.39 is 41.4 Å². The minimum Gasteiger partial charge on any atom is -0.444 e. The van der Waals surface area contributed by atoms with Gasteiger partial charge in [0, 0.05) is 26.3 Å². The number of halogens is 2. The fraction of sp³-hybridized carbons (Fsp3) is 0.652. The van der Waals surface area contributed by atoms with Gasteiger partial charge in [0.15, 0.2) is 0 Å². The molecule has 180 valence electrons. The second kappa shape index (κ2) is 11.0. The van der Waals surface area contributed by atoms with Gasteiger partial charge in [-0.25, -0.2) is 13.6 Å². The number of carbonyl (C=O) groups excluding carboxylic acids is 2. The third-order valence-electron chi connectivity index (χ3n) is 5.56. The van der Waals surface area contributed by atoms with E-state index in [0.29, 0.717) is 13.0 Å². The van der Waals surface area contributed by atoms with Gasteiger partial charge >= 0.3 is 6.09 Å². The van der Waals surface area contributed by atoms with E-state index in [1.165, 1.54) is 25.3 Å². The maximum atomic E-state index is 13.8. The Morgan fingerprint density at radius 3 is 2.38 bits per heavy atom. The molecule has 4 atom stereocenters. The van der Waals surface area contributed by atoms with Crippen molar-refractivity contribution < 1.29 is 32.6 Å². The first-order chi connectivity index (χ1) is 15.0. The van der Waals surface area contributed by atoms with Gasteiger partial charge in [-0.2, -0.15) is 0 Å². The molecule has 0 aromatic heterocycles. The molecule has 0 radical (unpaired) electrons. The molecule has 7 nitrogen and oxygen atoms in total. The maximum Gasteiger partial charge on any atom is 0.410 e. The van der Waals surface area contributed by atoms with E-state index in [0.717, 1.165) is 0 Å². The third kappa shape index (κ3) is 6.62. The smallest absolute Gasteiger partial charge is 0.410 e. The van der Waals surface area contributed by atoms with Crippen LogP contribution in [0.4, 0.5) is 13.6 Å². The zero-order chi connectivity index (χ0) is 24.1. The minimum absolute atomic E-state index is 0.0217. The van der Waals surface area contributed by atoms with E-state index in [9.17, 15) is 18.4 Å². The molecule has 1 N–H and O–H groups in total. The molecule has 1 aliphatic rings. The molecule has 2 rings (SSSR count). The summed E-state index contributed by atoms with van der Waals surface area (Å²) in [6, 6.07) is 3.23. The van der Waals surface area contributed by atoms with E-state index in [4.69, 9.17) is 14.2 Å². The number of amides is 2. The highest BCUT2D eigenvalue weighted by Gasteiger charge is 2.45. The van der Waals surface area contributed by atoms with Gasteiger partial charge in [0.1, 0.15) is 17.2 Å². The van der Waals surface area contributed by atoms with E-state index in [1.807, 2.05) is 0 Å². The quantitative estimate of drug-likeness (QED) is 0.650. The molecular weight excluding hydrogens is 422 g/mol. The molecule has 1 fully saturated rings. The Hall–Kier alpha value is -2.26. The van der Waals surface area contributed by atoms with Gasteiger partial charge in [-0.3, -0.25) is 9.69 Å². The summed E-state index contributed by atoms with van der Waals surface area (Å²) in [4.78, 5) is 27.1. The lowest BCUT2D eigenvalue weighted by molar-refractivity contribution is -0.130.